The van der Waals surface area contributed by atoms with Crippen LogP contribution in [0.4, 0.5) is 0 Å². The first kappa shape index (κ1) is 41.9. The summed E-state index contributed by atoms with van der Waals surface area (Å²) in [5, 5.41) is 28.7. The van der Waals surface area contributed by atoms with Crippen LogP contribution in [0.2, 0.25) is 0 Å². The van der Waals surface area contributed by atoms with Crippen molar-refractivity contribution in [1.29, 1.82) is 0 Å². The van der Waals surface area contributed by atoms with Crippen LogP contribution in [0.3, 0.4) is 0 Å². The van der Waals surface area contributed by atoms with Gasteiger partial charge in [-0.25, -0.2) is 4.98 Å². The third kappa shape index (κ3) is 9.84. The highest BCUT2D eigenvalue weighted by Gasteiger charge is 2.42. The maximum atomic E-state index is 14.1. The summed E-state index contributed by atoms with van der Waals surface area (Å²) in [5.74, 6) is -4.71. The molecule has 55 heavy (non-hydrogen) atoms. The SMILES string of the molecule is C/C=C1\NC(=O)[C@@H](CC)NC(=O)CNC(=O)[C@](C)([C@@H](C)O)NC(=O)[C@H](Cc2c[nH]c3cccc(OC)c23)NC(=O)c2csc(n2)[C@@H](C)NC(=O)CN(C)C1=O. The van der Waals surface area contributed by atoms with E-state index in [1.807, 2.05) is 6.07 Å². The Labute approximate surface area is 321 Å². The molecule has 2 bridgehead atoms. The van der Waals surface area contributed by atoms with Crippen LogP contribution in [0.15, 0.2) is 41.5 Å². The van der Waals surface area contributed by atoms with Gasteiger partial charge in [-0.2, -0.15) is 0 Å². The second kappa shape index (κ2) is 18.0. The normalized spacial score (nSPS) is 24.2. The molecular weight excluding hydrogens is 735 g/mol. The Balaban J connectivity index is 1.71. The van der Waals surface area contributed by atoms with Crippen molar-refractivity contribution >= 4 is 63.6 Å². The number of aliphatic hydroxyl groups is 1. The molecule has 5 atom stereocenters. The summed E-state index contributed by atoms with van der Waals surface area (Å²) in [5.41, 5.74) is -0.904. The van der Waals surface area contributed by atoms with E-state index in [1.54, 1.807) is 32.2 Å². The Morgan fingerprint density at radius 3 is 2.45 bits per heavy atom. The summed E-state index contributed by atoms with van der Waals surface area (Å²) in [6, 6.07) is 2.19. The minimum Gasteiger partial charge on any atom is -0.496 e. The highest BCUT2D eigenvalue weighted by atomic mass is 32.1. The van der Waals surface area contributed by atoms with E-state index < -0.39 is 77.7 Å². The molecule has 3 heterocycles. The van der Waals surface area contributed by atoms with E-state index in [0.29, 0.717) is 27.2 Å². The maximum absolute atomic E-state index is 14.1. The van der Waals surface area contributed by atoms with Crippen LogP contribution in [-0.2, 0) is 35.2 Å². The Kier molecular flexibility index (Phi) is 13.7. The van der Waals surface area contributed by atoms with E-state index in [4.69, 9.17) is 4.74 Å². The number of allylic oxidation sites excluding steroid dienone is 1. The van der Waals surface area contributed by atoms with Gasteiger partial charge in [0.25, 0.3) is 11.8 Å². The highest BCUT2D eigenvalue weighted by molar-refractivity contribution is 7.09. The average molecular weight is 782 g/mol. The molecule has 296 valence electrons. The molecule has 18 nitrogen and oxygen atoms in total. The molecule has 3 aromatic rings. The number of carbonyl (C=O) groups excluding carboxylic acids is 7. The minimum atomic E-state index is -2.01. The molecule has 4 rings (SSSR count). The van der Waals surface area contributed by atoms with Crippen molar-refractivity contribution in [2.45, 2.75) is 77.2 Å². The predicted molar refractivity (Wildman–Crippen MR) is 201 cm³/mol. The number of benzene rings is 1. The zero-order valence-corrected chi connectivity index (χ0v) is 32.4. The summed E-state index contributed by atoms with van der Waals surface area (Å²) in [6.45, 7) is 6.29. The number of carbonyl (C=O) groups is 7. The number of aromatic nitrogens is 2. The van der Waals surface area contributed by atoms with E-state index in [2.05, 4.69) is 41.9 Å². The Bertz CT molecular complexity index is 1990. The zero-order valence-electron chi connectivity index (χ0n) is 31.6. The number of likely N-dealkylation sites (N-methyl/N-ethyl adjacent to an activating group) is 1. The molecule has 0 fully saturated rings. The molecular formula is C36H47N9O9S. The van der Waals surface area contributed by atoms with Crippen LogP contribution in [0.1, 0.15) is 68.1 Å². The molecule has 0 saturated heterocycles. The van der Waals surface area contributed by atoms with Gasteiger partial charge in [-0.05, 0) is 51.8 Å². The van der Waals surface area contributed by atoms with E-state index >= 15 is 0 Å². The number of nitrogens with zero attached hydrogens (tertiary/aromatic N) is 2. The van der Waals surface area contributed by atoms with Gasteiger partial charge >= 0.3 is 0 Å². The molecule has 0 spiro atoms. The van der Waals surface area contributed by atoms with Gasteiger partial charge in [0.15, 0.2) is 0 Å². The Morgan fingerprint density at radius 1 is 1.07 bits per heavy atom. The summed E-state index contributed by atoms with van der Waals surface area (Å²) in [6.07, 6.45) is 1.54. The average Bonchev–Trinajstić information content (AvgIpc) is 3.82. The second-order valence-corrected chi connectivity index (χ2v) is 14.1. The smallest absolute Gasteiger partial charge is 0.271 e. The van der Waals surface area contributed by atoms with Crippen LogP contribution < -0.4 is 36.6 Å². The molecule has 2 aromatic heterocycles. The van der Waals surface area contributed by atoms with Crippen molar-refractivity contribution < 1.29 is 43.4 Å². The van der Waals surface area contributed by atoms with Gasteiger partial charge in [-0.1, -0.05) is 19.1 Å². The maximum Gasteiger partial charge on any atom is 0.271 e. The summed E-state index contributed by atoms with van der Waals surface area (Å²) >= 11 is 1.08. The number of aromatic amines is 1. The van der Waals surface area contributed by atoms with Gasteiger partial charge < -0.3 is 51.6 Å². The quantitative estimate of drug-likeness (QED) is 0.160. The van der Waals surface area contributed by atoms with Gasteiger partial charge in [-0.15, -0.1) is 11.3 Å². The molecule has 8 N–H and O–H groups in total. The number of ether oxygens (including phenoxy) is 1. The lowest BCUT2D eigenvalue weighted by atomic mass is 9.93. The Hall–Kier alpha value is -5.82. The predicted octanol–water partition coefficient (Wildman–Crippen LogP) is -0.0900. The lowest BCUT2D eigenvalue weighted by molar-refractivity contribution is -0.139. The van der Waals surface area contributed by atoms with Crippen molar-refractivity contribution in [3.05, 3.63) is 57.8 Å². The van der Waals surface area contributed by atoms with Gasteiger partial charge in [0.2, 0.25) is 29.5 Å². The fraction of sp³-hybridized carbons (Fsp3) is 0.444. The molecule has 0 unspecified atom stereocenters. The van der Waals surface area contributed by atoms with Crippen molar-refractivity contribution in [3.8, 4) is 5.75 Å². The number of methoxy groups -OCH3 is 1. The fourth-order valence-electron chi connectivity index (χ4n) is 5.75. The third-order valence-electron chi connectivity index (χ3n) is 9.18. The number of rotatable bonds is 5. The molecule has 1 aliphatic heterocycles. The molecule has 0 saturated carbocycles. The number of H-pyrrole nitrogens is 1. The largest absolute Gasteiger partial charge is 0.496 e. The topological polar surface area (TPSA) is 253 Å². The van der Waals surface area contributed by atoms with Crippen molar-refractivity contribution in [2.24, 2.45) is 0 Å². The number of fused-ring (bicyclic) bond motifs is 3. The van der Waals surface area contributed by atoms with Crippen LogP contribution >= 0.6 is 11.3 Å². The first-order valence-corrected chi connectivity index (χ1v) is 18.4. The summed E-state index contributed by atoms with van der Waals surface area (Å²) in [7, 11) is 2.87. The van der Waals surface area contributed by atoms with Crippen LogP contribution in [0.25, 0.3) is 10.9 Å². The number of aliphatic hydroxyl groups excluding tert-OH is 1. The standard InChI is InChI=1S/C36H47N9O9S/c1-8-21-30(49)41-22(9-2)34(52)45(6)16-28(48)39-18(3)33-43-25(17-55-33)31(50)42-24(13-20-14-37-23-11-10-12-26(54-7)29(20)23)32(51)44-36(5,19(4)46)35(53)38-15-27(47)40-21/h9-12,14,17-19,21,24,37,46H,8,13,15-16H2,1-7H3,(H,38,53)(H,39,48)(H,40,47)(H,41,49)(H,42,50)(H,44,51)/b22-9-/t18-,19-,21-,24+,36+/m1/s1. The van der Waals surface area contributed by atoms with Crippen molar-refractivity contribution in [2.75, 3.05) is 27.2 Å². The van der Waals surface area contributed by atoms with E-state index in [9.17, 15) is 38.7 Å². The molecule has 7 amide bonds. The van der Waals surface area contributed by atoms with Crippen LogP contribution in [-0.4, -0.2) is 112 Å². The fourth-order valence-corrected chi connectivity index (χ4v) is 6.56. The first-order valence-electron chi connectivity index (χ1n) is 17.5. The van der Waals surface area contributed by atoms with Gasteiger partial charge in [-0.3, -0.25) is 33.6 Å². The van der Waals surface area contributed by atoms with Crippen molar-refractivity contribution in [3.63, 3.8) is 0 Å². The Morgan fingerprint density at radius 2 is 1.80 bits per heavy atom. The monoisotopic (exact) mass is 781 g/mol. The first-order chi connectivity index (χ1) is 26.0. The second-order valence-electron chi connectivity index (χ2n) is 13.2. The lowest BCUT2D eigenvalue weighted by Crippen LogP contribution is -2.66. The molecule has 0 aliphatic carbocycles. The molecule has 1 aromatic carbocycles. The van der Waals surface area contributed by atoms with Gasteiger partial charge in [0, 0.05) is 35.9 Å². The molecule has 0 radical (unpaired) electrons. The number of hydrogen-bond acceptors (Lipinski definition) is 11. The highest BCUT2D eigenvalue weighted by Crippen LogP contribution is 2.29. The van der Waals surface area contributed by atoms with E-state index in [1.165, 1.54) is 46.4 Å². The van der Waals surface area contributed by atoms with E-state index in [-0.39, 0.29) is 30.8 Å². The van der Waals surface area contributed by atoms with Crippen LogP contribution in [0, 0.1) is 0 Å². The molecule has 1 aliphatic rings. The van der Waals surface area contributed by atoms with Gasteiger partial charge in [0.05, 0.1) is 32.3 Å². The zero-order chi connectivity index (χ0) is 40.6. The minimum absolute atomic E-state index is 0.0574. The number of thiazole rings is 1. The lowest BCUT2D eigenvalue weighted by Gasteiger charge is -2.33. The summed E-state index contributed by atoms with van der Waals surface area (Å²) in [4.78, 5) is 102. The number of amides is 7. The van der Waals surface area contributed by atoms with Crippen molar-refractivity contribution in [1.82, 2.24) is 46.8 Å². The van der Waals surface area contributed by atoms with Crippen LogP contribution in [0.5, 0.6) is 5.75 Å². The van der Waals surface area contributed by atoms with E-state index in [0.717, 1.165) is 16.2 Å². The molecule has 19 heteroatoms. The number of hydrogen-bond donors (Lipinski definition) is 8. The number of nitrogens with one attached hydrogen (secondary N) is 7. The summed E-state index contributed by atoms with van der Waals surface area (Å²) < 4.78 is 5.54. The third-order valence-corrected chi connectivity index (χ3v) is 10.2. The van der Waals surface area contributed by atoms with Gasteiger partial charge in [0.1, 0.15) is 39.8 Å².